The van der Waals surface area contributed by atoms with E-state index in [-0.39, 0.29) is 68.4 Å². The molecule has 27 heteroatoms. The van der Waals surface area contributed by atoms with Gasteiger partial charge in [-0.1, -0.05) is 64.1 Å². The quantitative estimate of drug-likeness (QED) is 0.0312. The van der Waals surface area contributed by atoms with Crippen LogP contribution < -0.4 is 60.6 Å². The number of phenolic OH excluding ortho intramolecular Hbond substituents is 1. The molecule has 18 N–H and O–H groups in total. The number of primary amides is 2. The summed E-state index contributed by atoms with van der Waals surface area (Å²) in [6, 6.07) is 2.78. The molecular weight excluding hydrogens is 967 g/mol. The van der Waals surface area contributed by atoms with Crippen molar-refractivity contribution in [3.63, 3.8) is 0 Å². The molecule has 2 aromatic rings. The van der Waals surface area contributed by atoms with E-state index >= 15 is 0 Å². The van der Waals surface area contributed by atoms with E-state index in [0.29, 0.717) is 17.5 Å². The molecule has 0 spiro atoms. The number of likely N-dealkylation sites (tertiary alicyclic amines) is 1. The number of amides is 9. The normalized spacial score (nSPS) is 23.3. The number of carbonyl (C=O) groups excluding carboxylic acids is 9. The van der Waals surface area contributed by atoms with Gasteiger partial charge in [-0.05, 0) is 55.4 Å². The van der Waals surface area contributed by atoms with Crippen LogP contribution in [-0.2, 0) is 60.8 Å². The van der Waals surface area contributed by atoms with Crippen molar-refractivity contribution in [3.8, 4) is 5.75 Å². The molecule has 2 saturated heterocycles. The monoisotopic (exact) mass is 1030 g/mol. The second-order valence-corrected chi connectivity index (χ2v) is 19.3. The first-order valence-corrected chi connectivity index (χ1v) is 25.0. The van der Waals surface area contributed by atoms with Crippen molar-refractivity contribution in [2.75, 3.05) is 24.6 Å². The summed E-state index contributed by atoms with van der Waals surface area (Å²) in [4.78, 5) is 140. The van der Waals surface area contributed by atoms with E-state index in [1.807, 2.05) is 0 Å². The number of aliphatic imine (C=N–C) groups is 1. The van der Waals surface area contributed by atoms with Crippen molar-refractivity contribution in [1.82, 2.24) is 36.8 Å². The molecule has 0 aliphatic carbocycles. The molecule has 2 heterocycles. The maximum absolute atomic E-state index is 14.4. The van der Waals surface area contributed by atoms with E-state index in [1.54, 1.807) is 30.3 Å². The first-order valence-electron chi connectivity index (χ1n) is 22.5. The fourth-order valence-corrected chi connectivity index (χ4v) is 9.77. The summed E-state index contributed by atoms with van der Waals surface area (Å²) in [5.74, 6) is -10.2. The Balaban J connectivity index is 1.70. The molecule has 71 heavy (non-hydrogen) atoms. The molecule has 4 rings (SSSR count). The lowest BCUT2D eigenvalue weighted by molar-refractivity contribution is -0.145. The van der Waals surface area contributed by atoms with Crippen molar-refractivity contribution >= 4 is 86.7 Å². The molecular formula is C44H61N13O12S2. The summed E-state index contributed by atoms with van der Waals surface area (Å²) >= 11 is 0. The number of nitrogens with two attached hydrogens (primary N) is 5. The first-order chi connectivity index (χ1) is 33.7. The third-order valence-electron chi connectivity index (χ3n) is 11.2. The van der Waals surface area contributed by atoms with Gasteiger partial charge in [0.25, 0.3) is 0 Å². The van der Waals surface area contributed by atoms with Gasteiger partial charge >= 0.3 is 5.97 Å². The fourth-order valence-electron chi connectivity index (χ4n) is 7.49. The Morgan fingerprint density at radius 3 is 1.90 bits per heavy atom. The van der Waals surface area contributed by atoms with Crippen LogP contribution in [0.2, 0.25) is 0 Å². The number of aromatic hydroxyl groups is 1. The largest absolute Gasteiger partial charge is 0.508 e. The Hall–Kier alpha value is -7.13. The van der Waals surface area contributed by atoms with E-state index in [4.69, 9.17) is 28.7 Å². The lowest BCUT2D eigenvalue weighted by Gasteiger charge is -2.30. The van der Waals surface area contributed by atoms with Gasteiger partial charge in [0.2, 0.25) is 53.2 Å². The van der Waals surface area contributed by atoms with Crippen molar-refractivity contribution < 1.29 is 58.2 Å². The molecule has 0 bridgehead atoms. The van der Waals surface area contributed by atoms with Crippen molar-refractivity contribution in [1.29, 1.82) is 0 Å². The molecule has 9 amide bonds. The molecule has 2 unspecified atom stereocenters. The Morgan fingerprint density at radius 1 is 0.732 bits per heavy atom. The minimum Gasteiger partial charge on any atom is -0.508 e. The average Bonchev–Trinajstić information content (AvgIpc) is 3.82. The van der Waals surface area contributed by atoms with Gasteiger partial charge in [-0.3, -0.25) is 48.1 Å². The average molecular weight is 1030 g/mol. The maximum atomic E-state index is 14.4. The number of phenols is 1. The van der Waals surface area contributed by atoms with E-state index in [0.717, 1.165) is 21.6 Å². The number of hydrogen-bond donors (Lipinski definition) is 13. The number of nitrogens with one attached hydrogen (secondary N) is 6. The zero-order valence-corrected chi connectivity index (χ0v) is 40.2. The minimum atomic E-state index is -1.78. The molecule has 386 valence electrons. The summed E-state index contributed by atoms with van der Waals surface area (Å²) in [7, 11) is 2.00. The topological polar surface area (TPSA) is 429 Å². The lowest BCUT2D eigenvalue weighted by atomic mass is 10.0. The smallest absolute Gasteiger partial charge is 0.326 e. The summed E-state index contributed by atoms with van der Waals surface area (Å²) < 4.78 is 0. The number of guanidine groups is 1. The molecule has 2 aliphatic heterocycles. The van der Waals surface area contributed by atoms with Gasteiger partial charge in [-0.25, -0.2) is 4.79 Å². The lowest BCUT2D eigenvalue weighted by Crippen LogP contribution is -2.61. The van der Waals surface area contributed by atoms with Crippen LogP contribution in [0.3, 0.4) is 0 Å². The zero-order chi connectivity index (χ0) is 52.2. The third-order valence-corrected chi connectivity index (χ3v) is 13.6. The SMILES string of the molecule is NC(=O)CC[C@H]1NC(=O)[C@@H](Cc2ccccc2)NC(=O)[C@@H](Cc2ccc(O)cc2)NC(=O)C(N)CSSC[C@@H](C(=O)N2CCC[C@@H]2C(=O)N[C@H](CCCN=C(N)N)C(=O)O)NC(=O)C(CC(N)=O)NC1=O. The van der Waals surface area contributed by atoms with E-state index in [2.05, 4.69) is 36.9 Å². The maximum Gasteiger partial charge on any atom is 0.326 e. The van der Waals surface area contributed by atoms with Crippen molar-refractivity contribution in [2.24, 2.45) is 33.7 Å². The highest BCUT2D eigenvalue weighted by Crippen LogP contribution is 2.26. The Bertz CT molecular complexity index is 2270. The molecule has 25 nitrogen and oxygen atoms in total. The van der Waals surface area contributed by atoms with Gasteiger partial charge in [-0.15, -0.1) is 0 Å². The number of hydrogen-bond acceptors (Lipinski definition) is 15. The number of benzene rings is 2. The van der Waals surface area contributed by atoms with Gasteiger partial charge in [0.05, 0.1) is 12.5 Å². The minimum absolute atomic E-state index is 0.0151. The highest BCUT2D eigenvalue weighted by atomic mass is 33.1. The molecule has 2 aliphatic rings. The molecule has 8 atom stereocenters. The fraction of sp³-hybridized carbons (Fsp3) is 0.477. The van der Waals surface area contributed by atoms with Crippen LogP contribution >= 0.6 is 21.6 Å². The third kappa shape index (κ3) is 18.6. The molecule has 0 aromatic heterocycles. The second kappa shape index (κ2) is 27.9. The van der Waals surface area contributed by atoms with Crippen LogP contribution in [0.25, 0.3) is 0 Å². The number of aliphatic carboxylic acids is 1. The van der Waals surface area contributed by atoms with Crippen LogP contribution in [0, 0.1) is 0 Å². The Morgan fingerprint density at radius 2 is 1.30 bits per heavy atom. The number of carboxylic acids is 1. The van der Waals surface area contributed by atoms with Crippen molar-refractivity contribution in [3.05, 3.63) is 65.7 Å². The first kappa shape index (κ1) is 56.5. The summed E-state index contributed by atoms with van der Waals surface area (Å²) in [6.07, 6.45) is -1.38. The summed E-state index contributed by atoms with van der Waals surface area (Å²) in [6.45, 7) is 0.109. The number of nitrogens with zero attached hydrogens (tertiary/aromatic N) is 2. The number of rotatable bonds is 17. The Labute approximate surface area is 416 Å². The van der Waals surface area contributed by atoms with Crippen LogP contribution in [-0.4, -0.2) is 153 Å². The zero-order valence-electron chi connectivity index (χ0n) is 38.6. The van der Waals surface area contributed by atoms with Crippen LogP contribution in [0.1, 0.15) is 56.1 Å². The number of carboxylic acid groups (broad SMARTS) is 1. The highest BCUT2D eigenvalue weighted by Gasteiger charge is 2.40. The van der Waals surface area contributed by atoms with Gasteiger partial charge < -0.3 is 75.7 Å². The van der Waals surface area contributed by atoms with Crippen molar-refractivity contribution in [2.45, 2.75) is 106 Å². The summed E-state index contributed by atoms with van der Waals surface area (Å²) in [5, 5.41) is 34.9. The number of carbonyl (C=O) groups is 10. The van der Waals surface area contributed by atoms with Crippen LogP contribution in [0.15, 0.2) is 59.6 Å². The van der Waals surface area contributed by atoms with Gasteiger partial charge in [0.15, 0.2) is 5.96 Å². The van der Waals surface area contributed by atoms with E-state index in [9.17, 15) is 58.2 Å². The molecule has 0 radical (unpaired) electrons. The molecule has 0 saturated carbocycles. The Kier molecular flexibility index (Phi) is 22.2. The van der Waals surface area contributed by atoms with Gasteiger partial charge in [-0.2, -0.15) is 0 Å². The van der Waals surface area contributed by atoms with Crippen LogP contribution in [0.4, 0.5) is 0 Å². The van der Waals surface area contributed by atoms with Crippen LogP contribution in [0.5, 0.6) is 5.75 Å². The van der Waals surface area contributed by atoms with Gasteiger partial charge in [0.1, 0.15) is 48.0 Å². The predicted molar refractivity (Wildman–Crippen MR) is 261 cm³/mol. The van der Waals surface area contributed by atoms with Gasteiger partial charge in [0, 0.05) is 43.9 Å². The summed E-state index contributed by atoms with van der Waals surface area (Å²) in [5.41, 5.74) is 29.0. The molecule has 2 fully saturated rings. The standard InChI is InChI=1S/C44H61N13O12S2/c45-26-21-70-71-22-32(42(67)57-17-5-9-33(57)41(66)52-28(43(68)69)8-4-16-50-44(48)49)56-40(65)31(20-35(47)60)55-37(62)27(14-15-34(46)59)51-38(63)30(18-23-6-2-1-3-7-23)54-39(64)29(53-36(26)61)19-24-10-12-25(58)13-11-24/h1-3,6-7,10-13,26-33,58H,4-5,8-9,14-22,45H2,(H2,46,59)(H2,47,60)(H,51,63)(H,52,66)(H,53,61)(H,54,64)(H,55,62)(H,56,65)(H,68,69)(H4,48,49,50)/t26?,27-,28-,29-,30-,31?,32+,33-/m1/s1. The predicted octanol–water partition coefficient (Wildman–Crippen LogP) is -3.92. The van der Waals surface area contributed by atoms with E-state index < -0.39 is 127 Å². The molecule has 2 aromatic carbocycles. The van der Waals surface area contributed by atoms with E-state index in [1.165, 1.54) is 29.2 Å². The highest BCUT2D eigenvalue weighted by molar-refractivity contribution is 8.76. The second-order valence-electron chi connectivity index (χ2n) is 16.8.